The maximum atomic E-state index is 14.5. The van der Waals surface area contributed by atoms with E-state index in [-0.39, 0.29) is 86.6 Å². The monoisotopic (exact) mass is 1470 g/mol. The van der Waals surface area contributed by atoms with Crippen LogP contribution in [0.5, 0.6) is 11.5 Å². The fourth-order valence-corrected chi connectivity index (χ4v) is 11.6. The number of amides is 5. The van der Waals surface area contributed by atoms with Gasteiger partial charge in [-0.05, 0) is 134 Å². The molecule has 0 spiro atoms. The predicted octanol–water partition coefficient (Wildman–Crippen LogP) is 10.1. The van der Waals surface area contributed by atoms with Gasteiger partial charge in [-0.3, -0.25) is 28.8 Å². The van der Waals surface area contributed by atoms with E-state index in [1.807, 2.05) is 0 Å². The molecule has 6 rings (SSSR count). The molecule has 4 aromatic carbocycles. The van der Waals surface area contributed by atoms with Crippen LogP contribution in [0.1, 0.15) is 125 Å². The van der Waals surface area contributed by atoms with E-state index in [4.69, 9.17) is 38.9 Å². The number of nitrogens with zero attached hydrogens (tertiary/aromatic N) is 2. The highest BCUT2D eigenvalue weighted by molar-refractivity contribution is 8.01. The van der Waals surface area contributed by atoms with Crippen LogP contribution in [0.15, 0.2) is 72.8 Å². The summed E-state index contributed by atoms with van der Waals surface area (Å²) in [5, 5.41) is 6.46. The predicted molar refractivity (Wildman–Crippen MR) is 362 cm³/mol. The molecule has 5 amide bonds. The van der Waals surface area contributed by atoms with E-state index in [2.05, 4.69) is 16.0 Å². The molecule has 2 saturated heterocycles. The van der Waals surface area contributed by atoms with Crippen molar-refractivity contribution in [3.8, 4) is 11.5 Å². The van der Waals surface area contributed by atoms with Crippen LogP contribution in [0.4, 0.5) is 31.1 Å². The number of nitrogens with two attached hydrogens (primary N) is 1. The van der Waals surface area contributed by atoms with Crippen LogP contribution in [0.2, 0.25) is 0 Å². The fraction of sp³-hybridized carbons (Fsp3) is 0.522. The first-order valence-corrected chi connectivity index (χ1v) is 33.9. The van der Waals surface area contributed by atoms with Crippen LogP contribution in [0.3, 0.4) is 0 Å². The summed E-state index contributed by atoms with van der Waals surface area (Å²) in [6, 6.07) is 13.6. The zero-order valence-electron chi connectivity index (χ0n) is 58.0. The van der Waals surface area contributed by atoms with E-state index < -0.39 is 148 Å². The average molecular weight is 1470 g/mol. The van der Waals surface area contributed by atoms with E-state index in [0.717, 1.165) is 11.6 Å². The van der Waals surface area contributed by atoms with E-state index in [9.17, 15) is 69.5 Å². The molecule has 6 atom stereocenters. The molecule has 4 aromatic rings. The number of carbonyl (C=O) groups excluding carboxylic acids is 9. The Morgan fingerprint density at radius 2 is 0.900 bits per heavy atom. The molecule has 0 bridgehead atoms. The highest BCUT2D eigenvalue weighted by Gasteiger charge is 2.38. The van der Waals surface area contributed by atoms with Gasteiger partial charge in [0.2, 0.25) is 25.4 Å². The van der Waals surface area contributed by atoms with Crippen molar-refractivity contribution in [3.63, 3.8) is 0 Å². The lowest BCUT2D eigenvalue weighted by Crippen LogP contribution is -2.48. The van der Waals surface area contributed by atoms with E-state index in [0.29, 0.717) is 53.3 Å². The van der Waals surface area contributed by atoms with Crippen LogP contribution < -0.4 is 31.2 Å². The standard InChI is InChI=1S/C37H48F3N3O9S.C32H40F3N3O7S.ClH/c1-21(2)30(33(46)49-20-50-34(47)36(3,4)5)51-25-11-9-22(10-12-25)19-41-31(45)32-43(13-14-53-32)29(44)17-24(42-35(48)52-37(6,7)8)15-23-16-27(39)28(40)18-26(23)38;1-18(2)27(30(41)43-17-44-31(42)32(3,4)5)45-22-8-6-19(7-9-22)16-37-28(40)29-38(10-11-46-29)26(39)14-21(36)12-20-13-24(34)25(35)15-23(20)33;/h9-12,16,18,21,24,30,32H,13-15,17,19-20H2,1-8H3,(H,41,45)(H,42,48);6-9,13,15,18,21,27,29H,10-12,14,16-17,36H2,1-5H3,(H,37,40);1H/t24-,30?,32?;21-,27?,29?;/m11./s1. The van der Waals surface area contributed by atoms with Crippen LogP contribution in [-0.4, -0.2) is 142 Å². The minimum Gasteiger partial charge on any atom is -0.478 e. The number of hydrogen-bond donors (Lipinski definition) is 4. The number of benzene rings is 4. The SMILES string of the molecule is CC(C)C(Oc1ccc(CNC(=O)C2SCCN2C(=O)C[C@@H](Cc2cc(F)c(F)cc2F)NC(=O)OC(C)(C)C)cc1)C(=O)OCOC(=O)C(C)(C)C.CC(C)C(Oc1ccc(CNC(=O)C2SCCN2C(=O)C[C@H](N)Cc2cc(F)c(F)cc2F)cc1)C(=O)OCOC(=O)C(C)(C)C.Cl. The van der Waals surface area contributed by atoms with Gasteiger partial charge in [0.05, 0.1) is 10.8 Å². The highest BCUT2D eigenvalue weighted by atomic mass is 35.5. The molecule has 2 heterocycles. The first kappa shape index (κ1) is 84.5. The summed E-state index contributed by atoms with van der Waals surface area (Å²) in [6.45, 7) is 21.8. The summed E-state index contributed by atoms with van der Waals surface area (Å²) in [5.41, 5.74) is 4.68. The second-order valence-electron chi connectivity index (χ2n) is 27.1. The minimum absolute atomic E-state index is 0. The lowest BCUT2D eigenvalue weighted by Gasteiger charge is -2.27. The quantitative estimate of drug-likeness (QED) is 0.0142. The highest BCUT2D eigenvalue weighted by Crippen LogP contribution is 2.29. The molecule has 31 heteroatoms. The van der Waals surface area contributed by atoms with Gasteiger partial charge >= 0.3 is 30.0 Å². The first-order chi connectivity index (χ1) is 46.2. The number of nitrogens with one attached hydrogen (secondary N) is 3. The van der Waals surface area contributed by atoms with Gasteiger partial charge in [-0.1, -0.05) is 52.0 Å². The van der Waals surface area contributed by atoms with Gasteiger partial charge in [0.25, 0.3) is 11.8 Å². The molecule has 2 aliphatic rings. The maximum absolute atomic E-state index is 14.5. The number of halogens is 7. The molecule has 2 aliphatic heterocycles. The molecule has 4 unspecified atom stereocenters. The third kappa shape index (κ3) is 26.9. The molecule has 22 nitrogen and oxygen atoms in total. The van der Waals surface area contributed by atoms with Crippen molar-refractivity contribution in [2.75, 3.05) is 38.2 Å². The molecule has 5 N–H and O–H groups in total. The van der Waals surface area contributed by atoms with Gasteiger partial charge in [-0.15, -0.1) is 35.9 Å². The second-order valence-corrected chi connectivity index (χ2v) is 29.4. The Labute approximate surface area is 592 Å². The van der Waals surface area contributed by atoms with Crippen LogP contribution in [-0.2, 0) is 88.0 Å². The summed E-state index contributed by atoms with van der Waals surface area (Å²) >= 11 is 2.53. The Bertz CT molecular complexity index is 3490. The summed E-state index contributed by atoms with van der Waals surface area (Å²) in [4.78, 5) is 117. The van der Waals surface area contributed by atoms with Crippen molar-refractivity contribution in [1.82, 2.24) is 25.8 Å². The van der Waals surface area contributed by atoms with Gasteiger partial charge < -0.3 is 64.6 Å². The van der Waals surface area contributed by atoms with E-state index in [1.165, 1.54) is 33.3 Å². The van der Waals surface area contributed by atoms with Crippen LogP contribution >= 0.6 is 35.9 Å². The lowest BCUT2D eigenvalue weighted by atomic mass is 9.97. The van der Waals surface area contributed by atoms with Crippen molar-refractivity contribution in [2.24, 2.45) is 28.4 Å². The number of ether oxygens (including phenoxy) is 7. The van der Waals surface area contributed by atoms with Crippen molar-refractivity contribution in [3.05, 3.63) is 130 Å². The topological polar surface area (TPSA) is 287 Å². The van der Waals surface area contributed by atoms with Crippen LogP contribution in [0, 0.1) is 57.6 Å². The number of esters is 4. The summed E-state index contributed by atoms with van der Waals surface area (Å²) in [6.07, 6.45) is -3.94. The first-order valence-electron chi connectivity index (χ1n) is 31.8. The minimum atomic E-state index is -1.37. The van der Waals surface area contributed by atoms with E-state index >= 15 is 0 Å². The molecule has 100 heavy (non-hydrogen) atoms. The molecule has 0 radical (unpaired) electrons. The Hall–Kier alpha value is -7.96. The zero-order valence-corrected chi connectivity index (χ0v) is 60.5. The molecule has 0 saturated carbocycles. The average Bonchev–Trinajstić information content (AvgIpc) is 1.54. The largest absolute Gasteiger partial charge is 0.478 e. The molecular weight excluding hydrogens is 1380 g/mol. The Morgan fingerprint density at radius 3 is 1.27 bits per heavy atom. The smallest absolute Gasteiger partial charge is 0.407 e. The van der Waals surface area contributed by atoms with Gasteiger partial charge in [0.15, 0.2) is 46.2 Å². The second kappa shape index (κ2) is 38.2. The number of carbonyl (C=O) groups is 9. The lowest BCUT2D eigenvalue weighted by molar-refractivity contribution is -0.179. The number of alkyl carbamates (subject to hydrolysis) is 1. The van der Waals surface area contributed by atoms with Crippen molar-refractivity contribution >= 4 is 89.5 Å². The zero-order chi connectivity index (χ0) is 73.9. The van der Waals surface area contributed by atoms with Gasteiger partial charge in [-0.2, -0.15) is 0 Å². The summed E-state index contributed by atoms with van der Waals surface area (Å²) in [5.74, 6) is -10.1. The third-order valence-electron chi connectivity index (χ3n) is 14.6. The molecular formula is C69H89ClF6N6O16S2. The van der Waals surface area contributed by atoms with Gasteiger partial charge in [0.1, 0.15) is 28.7 Å². The maximum Gasteiger partial charge on any atom is 0.407 e. The normalized spacial score (nSPS) is 15.7. The van der Waals surface area contributed by atoms with E-state index in [1.54, 1.807) is 139 Å². The Balaban J connectivity index is 0.000000424. The van der Waals surface area contributed by atoms with Gasteiger partial charge in [0, 0.05) is 86.6 Å². The number of rotatable bonds is 27. The van der Waals surface area contributed by atoms with Gasteiger partial charge in [-0.25, -0.2) is 40.7 Å². The summed E-state index contributed by atoms with van der Waals surface area (Å²) < 4.78 is 120. The Morgan fingerprint density at radius 1 is 0.530 bits per heavy atom. The van der Waals surface area contributed by atoms with Crippen LogP contribution in [0.25, 0.3) is 0 Å². The van der Waals surface area contributed by atoms with Crippen molar-refractivity contribution in [1.29, 1.82) is 0 Å². The molecule has 0 aliphatic carbocycles. The molecule has 2 fully saturated rings. The number of hydrogen-bond acceptors (Lipinski definition) is 19. The molecule has 552 valence electrons. The van der Waals surface area contributed by atoms with Crippen molar-refractivity contribution < 1.29 is 103 Å². The van der Waals surface area contributed by atoms with Crippen molar-refractivity contribution in [2.45, 2.75) is 169 Å². The fourth-order valence-electron chi connectivity index (χ4n) is 9.27. The Kier molecular flexibility index (Phi) is 32.2. The molecule has 0 aromatic heterocycles. The third-order valence-corrected chi connectivity index (χ3v) is 17.0. The summed E-state index contributed by atoms with van der Waals surface area (Å²) in [7, 11) is 0. The number of thioether (sulfide) groups is 2.